The second kappa shape index (κ2) is 9.55. The monoisotopic (exact) mass is 471 g/mol. The van der Waals surface area contributed by atoms with Crippen molar-refractivity contribution in [2.75, 3.05) is 0 Å². The molecular weight excluding hydrogens is 465 g/mol. The van der Waals surface area contributed by atoms with Crippen molar-refractivity contribution in [2.45, 2.75) is 0 Å². The van der Waals surface area contributed by atoms with Gasteiger partial charge in [0.25, 0.3) is 11.4 Å². The summed E-state index contributed by atoms with van der Waals surface area (Å²) in [5.74, 6) is -9.03. The summed E-state index contributed by atoms with van der Waals surface area (Å²) in [4.78, 5) is 5.47. The van der Waals surface area contributed by atoms with Crippen LogP contribution in [0.4, 0.5) is 27.6 Å². The largest absolute Gasteiger partial charge is 0.268 e. The Kier molecular flexibility index (Phi) is 6.59. The zero-order valence-electron chi connectivity index (χ0n) is 17.1. The van der Waals surface area contributed by atoms with Crippen molar-refractivity contribution in [1.82, 2.24) is 0 Å². The van der Waals surface area contributed by atoms with Gasteiger partial charge in [-0.25, -0.2) is 36.9 Å². The molecule has 5 nitrogen and oxygen atoms in total. The molecular formula is C25H6F5N5. The molecule has 0 N–H and O–H groups in total. The molecule has 3 rings (SSSR count). The average molecular weight is 471 g/mol. The Balaban J connectivity index is 2.68. The highest BCUT2D eigenvalue weighted by atomic mass is 19.2. The molecule has 3 aromatic rings. The van der Waals surface area contributed by atoms with Gasteiger partial charge in [-0.05, 0) is 16.8 Å². The third kappa shape index (κ3) is 3.91. The summed E-state index contributed by atoms with van der Waals surface area (Å²) < 4.78 is 72.5. The van der Waals surface area contributed by atoms with E-state index in [1.807, 2.05) is 0 Å². The van der Waals surface area contributed by atoms with Crippen LogP contribution in [0.2, 0.25) is 0 Å². The topological polar surface area (TPSA) is 80.1 Å². The fourth-order valence-electron chi connectivity index (χ4n) is 3.34. The first kappa shape index (κ1) is 24.1. The van der Waals surface area contributed by atoms with Crippen LogP contribution in [0.5, 0.6) is 0 Å². The maximum Gasteiger partial charge on any atom is 0.268 e. The Hall–Kier alpha value is -5.50. The van der Waals surface area contributed by atoms with Gasteiger partial charge < -0.3 is 0 Å². The summed E-state index contributed by atoms with van der Waals surface area (Å²) in [5, 5.41) is 28.0. The van der Waals surface area contributed by atoms with E-state index in [2.05, 4.69) is 9.69 Å². The van der Waals surface area contributed by atoms with Crippen LogP contribution >= 0.6 is 0 Å². The van der Waals surface area contributed by atoms with Crippen molar-refractivity contribution in [3.8, 4) is 29.3 Å². The van der Waals surface area contributed by atoms with Gasteiger partial charge in [-0.15, -0.1) is 0 Å². The maximum atomic E-state index is 14.8. The molecule has 0 aliphatic rings. The highest BCUT2D eigenvalue weighted by molar-refractivity contribution is 5.84. The molecule has 0 spiro atoms. The summed E-state index contributed by atoms with van der Waals surface area (Å²) in [6.07, 6.45) is 0. The number of nitriles is 3. The lowest BCUT2D eigenvalue weighted by atomic mass is 9.92. The number of halogens is 5. The highest BCUT2D eigenvalue weighted by Gasteiger charge is 2.28. The minimum atomic E-state index is -2.02. The molecule has 0 saturated heterocycles. The van der Waals surface area contributed by atoms with E-state index in [0.717, 1.165) is 24.3 Å². The molecule has 0 radical (unpaired) electrons. The number of benzene rings is 3. The molecule has 10 heteroatoms. The Morgan fingerprint density at radius 3 is 1.97 bits per heavy atom. The van der Waals surface area contributed by atoms with Gasteiger partial charge in [-0.3, -0.25) is 0 Å². The van der Waals surface area contributed by atoms with Gasteiger partial charge in [0.2, 0.25) is 0 Å². The van der Waals surface area contributed by atoms with Gasteiger partial charge in [-0.2, -0.15) is 10.5 Å². The number of nitrogens with zero attached hydrogens (tertiary/aromatic N) is 5. The van der Waals surface area contributed by atoms with Gasteiger partial charge in [0, 0.05) is 10.8 Å². The standard InChI is InChI=1S/C25H6F5N5/c1-34-19(11-33)12-6-7-14(15(8-12)13-4-3-5-18(26)16(13)9-31)17(10-32)20-21(27)23(29)25(35-2)24(30)22(20)28/h3-8H/b17-14+,19-12+. The van der Waals surface area contributed by atoms with Crippen LogP contribution in [0.25, 0.3) is 32.1 Å². The normalized spacial score (nSPS) is 11.8. The maximum absolute atomic E-state index is 14.8. The lowest BCUT2D eigenvalue weighted by molar-refractivity contribution is 0.457. The summed E-state index contributed by atoms with van der Waals surface area (Å²) in [6.45, 7) is 13.9. The van der Waals surface area contributed by atoms with Crippen LogP contribution in [-0.4, -0.2) is 0 Å². The van der Waals surface area contributed by atoms with Crippen molar-refractivity contribution < 1.29 is 22.0 Å². The predicted molar refractivity (Wildman–Crippen MR) is 112 cm³/mol. The smallest absolute Gasteiger partial charge is 0.232 e. The van der Waals surface area contributed by atoms with E-state index in [1.54, 1.807) is 12.1 Å². The van der Waals surface area contributed by atoms with Crippen molar-refractivity contribution in [3.63, 3.8) is 0 Å². The summed E-state index contributed by atoms with van der Waals surface area (Å²) in [5.41, 5.74) is -5.27. The molecule has 0 aromatic heterocycles. The van der Waals surface area contributed by atoms with Crippen LogP contribution in [0.15, 0.2) is 36.4 Å². The first-order chi connectivity index (χ1) is 16.7. The molecule has 0 fully saturated rings. The van der Waals surface area contributed by atoms with Crippen LogP contribution < -0.4 is 10.4 Å². The Labute approximate surface area is 194 Å². The van der Waals surface area contributed by atoms with Crippen molar-refractivity contribution >= 4 is 17.0 Å². The van der Waals surface area contributed by atoms with E-state index in [4.69, 9.17) is 13.1 Å². The average Bonchev–Trinajstić information content (AvgIpc) is 2.86. The number of hydrogen-bond donors (Lipinski definition) is 0. The number of hydrogen-bond acceptors (Lipinski definition) is 3. The van der Waals surface area contributed by atoms with Crippen molar-refractivity contribution in [1.29, 1.82) is 15.8 Å². The number of rotatable bonds is 2. The van der Waals surface area contributed by atoms with Gasteiger partial charge in [0.05, 0.1) is 35.9 Å². The second-order valence-electron chi connectivity index (χ2n) is 6.68. The third-order valence-corrected chi connectivity index (χ3v) is 4.91. The van der Waals surface area contributed by atoms with Crippen LogP contribution in [-0.2, 0) is 0 Å². The van der Waals surface area contributed by atoms with Crippen LogP contribution in [0.3, 0.4) is 0 Å². The fraction of sp³-hybridized carbons (Fsp3) is 0. The van der Waals surface area contributed by atoms with E-state index >= 15 is 0 Å². The minimum Gasteiger partial charge on any atom is -0.232 e. The molecule has 0 unspecified atom stereocenters. The molecule has 0 saturated carbocycles. The third-order valence-electron chi connectivity index (χ3n) is 4.91. The first-order valence-electron chi connectivity index (χ1n) is 9.24. The fourth-order valence-corrected chi connectivity index (χ4v) is 3.34. The summed E-state index contributed by atoms with van der Waals surface area (Å²) in [6, 6.07) is 11.4. The molecule has 166 valence electrons. The molecule has 0 amide bonds. The van der Waals surface area contributed by atoms with E-state index in [9.17, 15) is 37.7 Å². The molecule has 0 heterocycles. The van der Waals surface area contributed by atoms with E-state index in [0.29, 0.717) is 0 Å². The summed E-state index contributed by atoms with van der Waals surface area (Å²) >= 11 is 0. The zero-order chi connectivity index (χ0) is 25.9. The molecule has 0 atom stereocenters. The highest BCUT2D eigenvalue weighted by Crippen LogP contribution is 2.33. The van der Waals surface area contributed by atoms with Crippen LogP contribution in [0, 0.1) is 76.2 Å². The first-order valence-corrected chi connectivity index (χ1v) is 9.24. The Morgan fingerprint density at radius 1 is 0.800 bits per heavy atom. The SMILES string of the molecule is [C-]#[N+]/C(C#N)=c1\cc/c(=C(/C#N)c2c(F)c(F)c([N+]#[C-])c(F)c2F)c(-c2cccc(F)c2C#N)c1. The summed E-state index contributed by atoms with van der Waals surface area (Å²) in [7, 11) is 0. The second-order valence-corrected chi connectivity index (χ2v) is 6.68. The van der Waals surface area contributed by atoms with Crippen molar-refractivity contribution in [3.05, 3.63) is 110 Å². The van der Waals surface area contributed by atoms with Gasteiger partial charge in [0.15, 0.2) is 23.3 Å². The predicted octanol–water partition coefficient (Wildman–Crippen LogP) is 4.75. The Bertz CT molecular complexity index is 1710. The van der Waals surface area contributed by atoms with E-state index < -0.39 is 57.2 Å². The van der Waals surface area contributed by atoms with Gasteiger partial charge in [0.1, 0.15) is 18.0 Å². The molecule has 35 heavy (non-hydrogen) atoms. The molecule has 0 aliphatic carbocycles. The van der Waals surface area contributed by atoms with Gasteiger partial charge in [-0.1, -0.05) is 30.3 Å². The molecule has 0 aliphatic heterocycles. The van der Waals surface area contributed by atoms with Crippen LogP contribution in [0.1, 0.15) is 11.1 Å². The van der Waals surface area contributed by atoms with Gasteiger partial charge >= 0.3 is 0 Å². The molecule has 3 aromatic carbocycles. The Morgan fingerprint density at radius 2 is 1.46 bits per heavy atom. The lowest BCUT2D eigenvalue weighted by Crippen LogP contribution is -2.18. The molecule has 0 bridgehead atoms. The lowest BCUT2D eigenvalue weighted by Gasteiger charge is -2.11. The van der Waals surface area contributed by atoms with Crippen molar-refractivity contribution in [2.24, 2.45) is 0 Å². The van der Waals surface area contributed by atoms with E-state index in [-0.39, 0.29) is 21.6 Å². The quantitative estimate of drug-likeness (QED) is 0.308. The minimum absolute atomic E-state index is 0.0339. The van der Waals surface area contributed by atoms with E-state index in [1.165, 1.54) is 18.2 Å². The zero-order valence-corrected chi connectivity index (χ0v) is 17.1.